The Morgan fingerprint density at radius 2 is 1.87 bits per heavy atom. The lowest BCUT2D eigenvalue weighted by atomic mass is 10.2. The maximum absolute atomic E-state index is 13.2. The van der Waals surface area contributed by atoms with Gasteiger partial charge in [0.25, 0.3) is 5.91 Å². The third-order valence-corrected chi connectivity index (χ3v) is 4.68. The second-order valence-electron chi connectivity index (χ2n) is 6.57. The Labute approximate surface area is 185 Å². The van der Waals surface area contributed by atoms with Gasteiger partial charge in [0.2, 0.25) is 5.91 Å². The van der Waals surface area contributed by atoms with Crippen LogP contribution >= 0.6 is 23.2 Å². The van der Waals surface area contributed by atoms with E-state index in [0.717, 1.165) is 5.56 Å². The summed E-state index contributed by atoms with van der Waals surface area (Å²) in [6, 6.07) is 9.36. The molecule has 164 valence electrons. The largest absolute Gasteiger partial charge is 0.467 e. The van der Waals surface area contributed by atoms with Crippen LogP contribution in [0.15, 0.2) is 47.1 Å². The highest BCUT2D eigenvalue weighted by molar-refractivity contribution is 6.53. The minimum atomic E-state index is -1.26. The van der Waals surface area contributed by atoms with Gasteiger partial charge in [-0.2, -0.15) is 0 Å². The fraction of sp³-hybridized carbons (Fsp3) is 0.429. The molecule has 0 aliphatic rings. The second kappa shape index (κ2) is 12.6. The standard InChI is InChI=1S/C21H25Cl2FN2O4/c1-2-29-11-4-10-25(21(28)20(22)23)15-19(27)26(14-18-5-3-12-30-18)13-16-6-8-17(24)9-7-16/h3,5-9,12,20H,2,4,10-11,13-15H2,1H3. The van der Waals surface area contributed by atoms with Gasteiger partial charge in [0.1, 0.15) is 11.6 Å². The predicted octanol–water partition coefficient (Wildman–Crippen LogP) is 4.01. The monoisotopic (exact) mass is 458 g/mol. The van der Waals surface area contributed by atoms with Crippen LogP contribution in [0, 0.1) is 5.82 Å². The quantitative estimate of drug-likeness (QED) is 0.356. The molecule has 0 aliphatic heterocycles. The Morgan fingerprint density at radius 1 is 1.13 bits per heavy atom. The highest BCUT2D eigenvalue weighted by Crippen LogP contribution is 2.14. The van der Waals surface area contributed by atoms with Crippen LogP contribution in [0.25, 0.3) is 0 Å². The summed E-state index contributed by atoms with van der Waals surface area (Å²) in [5, 5.41) is 0. The summed E-state index contributed by atoms with van der Waals surface area (Å²) >= 11 is 11.5. The minimum Gasteiger partial charge on any atom is -0.467 e. The van der Waals surface area contributed by atoms with Gasteiger partial charge in [-0.05, 0) is 43.2 Å². The first kappa shape index (κ1) is 24.2. The number of carbonyl (C=O) groups is 2. The van der Waals surface area contributed by atoms with Gasteiger partial charge in [-0.15, -0.1) is 0 Å². The van der Waals surface area contributed by atoms with Gasteiger partial charge in [-0.25, -0.2) is 4.39 Å². The van der Waals surface area contributed by atoms with Gasteiger partial charge < -0.3 is 19.0 Å². The molecule has 0 saturated heterocycles. The highest BCUT2D eigenvalue weighted by Gasteiger charge is 2.25. The first-order valence-corrected chi connectivity index (χ1v) is 10.5. The molecule has 1 aromatic heterocycles. The molecule has 0 unspecified atom stereocenters. The zero-order valence-electron chi connectivity index (χ0n) is 16.7. The van der Waals surface area contributed by atoms with Crippen LogP contribution in [0.4, 0.5) is 4.39 Å². The summed E-state index contributed by atoms with van der Waals surface area (Å²) in [6.07, 6.45) is 2.06. The fourth-order valence-electron chi connectivity index (χ4n) is 2.80. The molecule has 2 amide bonds. The van der Waals surface area contributed by atoms with Gasteiger partial charge in [0, 0.05) is 26.3 Å². The lowest BCUT2D eigenvalue weighted by Gasteiger charge is -2.27. The molecule has 0 N–H and O–H groups in total. The molecule has 9 heteroatoms. The average molecular weight is 459 g/mol. The van der Waals surface area contributed by atoms with Crippen molar-refractivity contribution in [3.8, 4) is 0 Å². The Balaban J connectivity index is 2.11. The van der Waals surface area contributed by atoms with E-state index in [0.29, 0.717) is 25.4 Å². The summed E-state index contributed by atoms with van der Waals surface area (Å²) < 4.78 is 23.9. The minimum absolute atomic E-state index is 0.192. The van der Waals surface area contributed by atoms with Crippen molar-refractivity contribution in [1.82, 2.24) is 9.80 Å². The van der Waals surface area contributed by atoms with Crippen LogP contribution in [0.5, 0.6) is 0 Å². The van der Waals surface area contributed by atoms with Crippen LogP contribution in [0.1, 0.15) is 24.7 Å². The van der Waals surface area contributed by atoms with Gasteiger partial charge in [0.05, 0.1) is 19.4 Å². The van der Waals surface area contributed by atoms with E-state index in [1.54, 1.807) is 24.3 Å². The van der Waals surface area contributed by atoms with E-state index in [4.69, 9.17) is 32.4 Å². The molecule has 0 bridgehead atoms. The highest BCUT2D eigenvalue weighted by atomic mass is 35.5. The van der Waals surface area contributed by atoms with E-state index < -0.39 is 10.7 Å². The molecule has 2 rings (SSSR count). The fourth-order valence-corrected chi connectivity index (χ4v) is 3.08. The number of alkyl halides is 2. The zero-order chi connectivity index (χ0) is 21.9. The van der Waals surface area contributed by atoms with Crippen molar-refractivity contribution in [3.63, 3.8) is 0 Å². The molecule has 30 heavy (non-hydrogen) atoms. The van der Waals surface area contributed by atoms with Gasteiger partial charge in [-0.3, -0.25) is 9.59 Å². The number of nitrogens with zero attached hydrogens (tertiary/aromatic N) is 2. The first-order chi connectivity index (χ1) is 14.4. The van der Waals surface area contributed by atoms with Crippen LogP contribution in [-0.4, -0.2) is 52.8 Å². The number of hydrogen-bond donors (Lipinski definition) is 0. The Morgan fingerprint density at radius 3 is 2.47 bits per heavy atom. The van der Waals surface area contributed by atoms with Crippen molar-refractivity contribution in [2.24, 2.45) is 0 Å². The van der Waals surface area contributed by atoms with Crippen LogP contribution in [-0.2, 0) is 27.4 Å². The second-order valence-corrected chi connectivity index (χ2v) is 7.66. The molecule has 0 atom stereocenters. The molecule has 0 saturated carbocycles. The summed E-state index contributed by atoms with van der Waals surface area (Å²) in [5.74, 6) is -0.617. The summed E-state index contributed by atoms with van der Waals surface area (Å²) in [5.41, 5.74) is 0.748. The van der Waals surface area contributed by atoms with Gasteiger partial charge in [-0.1, -0.05) is 35.3 Å². The van der Waals surface area contributed by atoms with Crippen molar-refractivity contribution < 1.29 is 23.1 Å². The Kier molecular flexibility index (Phi) is 10.1. The SMILES string of the molecule is CCOCCCN(CC(=O)N(Cc1ccc(F)cc1)Cc1ccco1)C(=O)C(Cl)Cl. The summed E-state index contributed by atoms with van der Waals surface area (Å²) in [4.78, 5) is 27.0. The molecule has 0 spiro atoms. The molecule has 0 aliphatic carbocycles. The zero-order valence-corrected chi connectivity index (χ0v) is 18.2. The number of furan rings is 1. The maximum atomic E-state index is 13.2. The van der Waals surface area contributed by atoms with Gasteiger partial charge >= 0.3 is 0 Å². The molecule has 0 radical (unpaired) electrons. The van der Waals surface area contributed by atoms with Crippen molar-refractivity contribution in [1.29, 1.82) is 0 Å². The van der Waals surface area contributed by atoms with Crippen LogP contribution in [0.2, 0.25) is 0 Å². The number of rotatable bonds is 12. The first-order valence-electron chi connectivity index (χ1n) is 9.60. The normalized spacial score (nSPS) is 11.0. The lowest BCUT2D eigenvalue weighted by molar-refractivity contribution is -0.140. The Bertz CT molecular complexity index is 785. The molecule has 0 fully saturated rings. The van der Waals surface area contributed by atoms with E-state index in [1.807, 2.05) is 6.92 Å². The molecular formula is C21H25Cl2FN2O4. The lowest BCUT2D eigenvalue weighted by Crippen LogP contribution is -2.44. The van der Waals surface area contributed by atoms with Crippen molar-refractivity contribution >= 4 is 35.0 Å². The van der Waals surface area contributed by atoms with E-state index in [9.17, 15) is 14.0 Å². The smallest absolute Gasteiger partial charge is 0.256 e. The number of hydrogen-bond acceptors (Lipinski definition) is 4. The molecule has 6 nitrogen and oxygen atoms in total. The predicted molar refractivity (Wildman–Crippen MR) is 113 cm³/mol. The number of benzene rings is 1. The van der Waals surface area contributed by atoms with E-state index in [2.05, 4.69) is 0 Å². The third kappa shape index (κ3) is 7.97. The number of carbonyl (C=O) groups excluding carboxylic acids is 2. The molecule has 1 heterocycles. The van der Waals surface area contributed by atoms with Crippen LogP contribution < -0.4 is 0 Å². The number of halogens is 3. The van der Waals surface area contributed by atoms with Gasteiger partial charge in [0.15, 0.2) is 4.84 Å². The molecule has 2 aromatic rings. The summed E-state index contributed by atoms with van der Waals surface area (Å²) in [6.45, 7) is 3.42. The summed E-state index contributed by atoms with van der Waals surface area (Å²) in [7, 11) is 0. The van der Waals surface area contributed by atoms with E-state index >= 15 is 0 Å². The van der Waals surface area contributed by atoms with Crippen molar-refractivity contribution in [2.45, 2.75) is 31.3 Å². The van der Waals surface area contributed by atoms with Crippen LogP contribution in [0.3, 0.4) is 0 Å². The van der Waals surface area contributed by atoms with Crippen molar-refractivity contribution in [2.75, 3.05) is 26.3 Å². The third-order valence-electron chi connectivity index (χ3n) is 4.31. The van der Waals surface area contributed by atoms with E-state index in [-0.39, 0.29) is 37.9 Å². The average Bonchev–Trinajstić information content (AvgIpc) is 3.23. The topological polar surface area (TPSA) is 63.0 Å². The molecular weight excluding hydrogens is 434 g/mol. The van der Waals surface area contributed by atoms with Crippen molar-refractivity contribution in [3.05, 3.63) is 59.8 Å². The Hall–Kier alpha value is -2.09. The van der Waals surface area contributed by atoms with E-state index in [1.165, 1.54) is 28.2 Å². The number of ether oxygens (including phenoxy) is 1. The number of amides is 2. The molecule has 1 aromatic carbocycles. The maximum Gasteiger partial charge on any atom is 0.256 e.